The Morgan fingerprint density at radius 3 is 2.61 bits per heavy atom. The van der Waals surface area contributed by atoms with Gasteiger partial charge in [0, 0.05) is 22.9 Å². The summed E-state index contributed by atoms with van der Waals surface area (Å²) in [6.45, 7) is 4.30. The third-order valence-electron chi connectivity index (χ3n) is 2.98. The van der Waals surface area contributed by atoms with E-state index in [-0.39, 0.29) is 6.04 Å². The second-order valence-electron chi connectivity index (χ2n) is 4.43. The number of halogens is 1. The Morgan fingerprint density at radius 1 is 1.33 bits per heavy atom. The molecule has 1 N–H and O–H groups in total. The molecule has 1 aromatic carbocycles. The number of anilines is 1. The zero-order valence-corrected chi connectivity index (χ0v) is 13.1. The maximum atomic E-state index is 4.44. The number of hydrogen-bond donors (Lipinski definition) is 1. The molecule has 2 aromatic rings. The predicted octanol–water partition coefficient (Wildman–Crippen LogP) is 3.76. The maximum absolute atomic E-state index is 4.44. The summed E-state index contributed by atoms with van der Waals surface area (Å²) < 4.78 is 3.13. The molecule has 0 fully saturated rings. The van der Waals surface area contributed by atoms with Crippen molar-refractivity contribution >= 4 is 28.3 Å². The number of aromatic nitrogens is 2. The molecule has 4 heteroatoms. The van der Waals surface area contributed by atoms with E-state index >= 15 is 0 Å². The zero-order chi connectivity index (χ0) is 13.1. The lowest BCUT2D eigenvalue weighted by atomic mass is 10.1. The van der Waals surface area contributed by atoms with Crippen molar-refractivity contribution < 1.29 is 0 Å². The van der Waals surface area contributed by atoms with Gasteiger partial charge in [0.1, 0.15) is 0 Å². The van der Waals surface area contributed by atoms with Crippen LogP contribution in [-0.2, 0) is 13.5 Å². The van der Waals surface area contributed by atoms with Gasteiger partial charge in [-0.05, 0) is 53.6 Å². The van der Waals surface area contributed by atoms with Crippen molar-refractivity contribution in [3.8, 4) is 0 Å². The number of nitrogens with one attached hydrogen (secondary N) is 1. The van der Waals surface area contributed by atoms with Crippen LogP contribution in [0.2, 0.25) is 0 Å². The zero-order valence-electron chi connectivity index (χ0n) is 10.9. The third-order valence-corrected chi connectivity index (χ3v) is 3.70. The highest BCUT2D eigenvalue weighted by Gasteiger charge is 2.10. The van der Waals surface area contributed by atoms with Crippen LogP contribution >= 0.6 is 22.6 Å². The van der Waals surface area contributed by atoms with Crippen LogP contribution in [0.4, 0.5) is 5.69 Å². The highest BCUT2D eigenvalue weighted by molar-refractivity contribution is 14.1. The summed E-state index contributed by atoms with van der Waals surface area (Å²) >= 11 is 2.32. The molecule has 0 saturated heterocycles. The van der Waals surface area contributed by atoms with Crippen molar-refractivity contribution in [2.24, 2.45) is 7.05 Å². The van der Waals surface area contributed by atoms with Gasteiger partial charge in [0.15, 0.2) is 0 Å². The van der Waals surface area contributed by atoms with Crippen LogP contribution in [0.5, 0.6) is 0 Å². The molecule has 0 spiro atoms. The Morgan fingerprint density at radius 2 is 2.00 bits per heavy atom. The molecule has 96 valence electrons. The summed E-state index contributed by atoms with van der Waals surface area (Å²) in [5, 5.41) is 7.98. The highest BCUT2D eigenvalue weighted by atomic mass is 127. The molecule has 0 aliphatic rings. The lowest BCUT2D eigenvalue weighted by molar-refractivity contribution is 0.746. The Balaban J connectivity index is 2.15. The molecule has 0 radical (unpaired) electrons. The van der Waals surface area contributed by atoms with E-state index in [9.17, 15) is 0 Å². The first kappa shape index (κ1) is 13.4. The Hall–Kier alpha value is -1.04. The van der Waals surface area contributed by atoms with Gasteiger partial charge < -0.3 is 5.32 Å². The Bertz CT molecular complexity index is 516. The second-order valence-corrected chi connectivity index (χ2v) is 5.68. The number of hydrogen-bond acceptors (Lipinski definition) is 2. The second kappa shape index (κ2) is 5.73. The number of rotatable bonds is 4. The normalized spacial score (nSPS) is 12.4. The smallest absolute Gasteiger partial charge is 0.0853 e. The summed E-state index contributed by atoms with van der Waals surface area (Å²) in [7, 11) is 1.96. The van der Waals surface area contributed by atoms with Crippen molar-refractivity contribution in [3.63, 3.8) is 0 Å². The fraction of sp³-hybridized carbons (Fsp3) is 0.357. The summed E-state index contributed by atoms with van der Waals surface area (Å²) in [5.74, 6) is 0. The monoisotopic (exact) mass is 355 g/mol. The Labute approximate surface area is 122 Å². The van der Waals surface area contributed by atoms with Crippen LogP contribution in [0.15, 0.2) is 30.5 Å². The molecule has 18 heavy (non-hydrogen) atoms. The van der Waals surface area contributed by atoms with E-state index in [2.05, 4.69) is 71.1 Å². The average Bonchev–Trinajstić information content (AvgIpc) is 2.70. The van der Waals surface area contributed by atoms with Crippen molar-refractivity contribution in [2.45, 2.75) is 26.3 Å². The molecule has 0 aliphatic heterocycles. The van der Waals surface area contributed by atoms with Crippen LogP contribution in [0.25, 0.3) is 0 Å². The van der Waals surface area contributed by atoms with Gasteiger partial charge in [0.05, 0.1) is 11.4 Å². The lowest BCUT2D eigenvalue weighted by Crippen LogP contribution is -2.07. The largest absolute Gasteiger partial charge is 0.376 e. The molecule has 1 heterocycles. The fourth-order valence-corrected chi connectivity index (χ4v) is 2.34. The summed E-state index contributed by atoms with van der Waals surface area (Å²) in [5.41, 5.74) is 3.54. The minimum Gasteiger partial charge on any atom is -0.376 e. The minimum absolute atomic E-state index is 0.288. The van der Waals surface area contributed by atoms with Gasteiger partial charge in [-0.3, -0.25) is 4.68 Å². The van der Waals surface area contributed by atoms with Gasteiger partial charge in [-0.1, -0.05) is 19.1 Å². The van der Waals surface area contributed by atoms with Crippen molar-refractivity contribution in [2.75, 3.05) is 5.32 Å². The van der Waals surface area contributed by atoms with Crippen molar-refractivity contribution in [1.29, 1.82) is 0 Å². The lowest BCUT2D eigenvalue weighted by Gasteiger charge is -2.15. The SMILES string of the molecule is CCc1nn(C)cc1NC(C)c1ccc(I)cc1. The van der Waals surface area contributed by atoms with Crippen LogP contribution in [0, 0.1) is 3.57 Å². The van der Waals surface area contributed by atoms with Gasteiger partial charge >= 0.3 is 0 Å². The fourth-order valence-electron chi connectivity index (χ4n) is 1.98. The standard InChI is InChI=1S/C14H18IN3/c1-4-13-14(9-18(3)17-13)16-10(2)11-5-7-12(15)8-6-11/h5-10,16H,4H2,1-3H3. The molecule has 1 unspecified atom stereocenters. The molecule has 0 bridgehead atoms. The van der Waals surface area contributed by atoms with Crippen LogP contribution in [0.1, 0.15) is 31.1 Å². The average molecular weight is 355 g/mol. The molecule has 0 saturated carbocycles. The summed E-state index contributed by atoms with van der Waals surface area (Å²) in [6, 6.07) is 8.90. The molecular formula is C14H18IN3. The quantitative estimate of drug-likeness (QED) is 0.847. The topological polar surface area (TPSA) is 29.9 Å². The van der Waals surface area contributed by atoms with Crippen LogP contribution in [0.3, 0.4) is 0 Å². The molecule has 2 rings (SSSR count). The predicted molar refractivity (Wildman–Crippen MR) is 83.8 cm³/mol. The third kappa shape index (κ3) is 3.04. The van der Waals surface area contributed by atoms with E-state index < -0.39 is 0 Å². The van der Waals surface area contributed by atoms with Gasteiger partial charge in [0.2, 0.25) is 0 Å². The summed E-state index contributed by atoms with van der Waals surface area (Å²) in [6.07, 6.45) is 2.99. The van der Waals surface area contributed by atoms with E-state index in [1.807, 2.05) is 17.9 Å². The first-order valence-electron chi connectivity index (χ1n) is 6.14. The van der Waals surface area contributed by atoms with E-state index in [0.29, 0.717) is 0 Å². The van der Waals surface area contributed by atoms with Crippen molar-refractivity contribution in [1.82, 2.24) is 9.78 Å². The first-order valence-corrected chi connectivity index (χ1v) is 7.22. The van der Waals surface area contributed by atoms with E-state index in [1.165, 1.54) is 9.13 Å². The van der Waals surface area contributed by atoms with Crippen LogP contribution < -0.4 is 5.32 Å². The molecule has 0 aliphatic carbocycles. The molecule has 3 nitrogen and oxygen atoms in total. The highest BCUT2D eigenvalue weighted by Crippen LogP contribution is 2.22. The van der Waals surface area contributed by atoms with E-state index in [4.69, 9.17) is 0 Å². The van der Waals surface area contributed by atoms with E-state index in [0.717, 1.165) is 17.8 Å². The molecule has 1 aromatic heterocycles. The van der Waals surface area contributed by atoms with Gasteiger partial charge in [0.25, 0.3) is 0 Å². The summed E-state index contributed by atoms with van der Waals surface area (Å²) in [4.78, 5) is 0. The van der Waals surface area contributed by atoms with Gasteiger partial charge in [-0.25, -0.2) is 0 Å². The maximum Gasteiger partial charge on any atom is 0.0853 e. The molecule has 0 amide bonds. The van der Waals surface area contributed by atoms with Gasteiger partial charge in [-0.2, -0.15) is 5.10 Å². The van der Waals surface area contributed by atoms with E-state index in [1.54, 1.807) is 0 Å². The van der Waals surface area contributed by atoms with Crippen LogP contribution in [-0.4, -0.2) is 9.78 Å². The first-order chi connectivity index (χ1) is 8.60. The van der Waals surface area contributed by atoms with Crippen molar-refractivity contribution in [3.05, 3.63) is 45.3 Å². The number of benzene rings is 1. The number of aryl methyl sites for hydroxylation is 2. The molecule has 1 atom stereocenters. The minimum atomic E-state index is 0.288. The van der Waals surface area contributed by atoms with Gasteiger partial charge in [-0.15, -0.1) is 0 Å². The molecular weight excluding hydrogens is 337 g/mol. The Kier molecular flexibility index (Phi) is 4.27. The number of nitrogens with zero attached hydrogens (tertiary/aromatic N) is 2.